The third-order valence-electron chi connectivity index (χ3n) is 3.54. The fraction of sp³-hybridized carbons (Fsp3) is 0.368. The summed E-state index contributed by atoms with van der Waals surface area (Å²) in [5.74, 6) is 0.872. The van der Waals surface area contributed by atoms with Crippen LogP contribution in [0, 0.1) is 0 Å². The number of nitrogens with one attached hydrogen (secondary N) is 2. The highest BCUT2D eigenvalue weighted by atomic mass is 35.5. The quantitative estimate of drug-likeness (QED) is 0.645. The molecule has 0 aliphatic rings. The molecule has 3 nitrogen and oxygen atoms in total. The lowest BCUT2D eigenvalue weighted by Gasteiger charge is -2.10. The molecule has 0 radical (unpaired) electrons. The van der Waals surface area contributed by atoms with E-state index in [9.17, 15) is 0 Å². The first kappa shape index (κ1) is 17.8. The summed E-state index contributed by atoms with van der Waals surface area (Å²) < 4.78 is 5.85. The van der Waals surface area contributed by atoms with Gasteiger partial charge in [0.25, 0.3) is 0 Å². The third kappa shape index (κ3) is 6.61. The minimum Gasteiger partial charge on any atom is -0.489 e. The van der Waals surface area contributed by atoms with Crippen LogP contribution in [0.4, 0.5) is 0 Å². The maximum absolute atomic E-state index is 6.15. The zero-order valence-corrected chi connectivity index (χ0v) is 14.4. The van der Waals surface area contributed by atoms with Crippen molar-refractivity contribution in [2.45, 2.75) is 26.5 Å². The smallest absolute Gasteiger partial charge is 0.120 e. The van der Waals surface area contributed by atoms with E-state index >= 15 is 0 Å². The minimum absolute atomic E-state index is 0.485. The van der Waals surface area contributed by atoms with Gasteiger partial charge in [0.05, 0.1) is 0 Å². The van der Waals surface area contributed by atoms with E-state index in [1.54, 1.807) is 0 Å². The molecule has 0 unspecified atom stereocenters. The van der Waals surface area contributed by atoms with Crippen molar-refractivity contribution in [1.82, 2.24) is 10.6 Å². The van der Waals surface area contributed by atoms with Crippen LogP contribution in [0.2, 0.25) is 5.02 Å². The molecule has 2 N–H and O–H groups in total. The predicted octanol–water partition coefficient (Wildman–Crippen LogP) is 4.01. The van der Waals surface area contributed by atoms with Crippen molar-refractivity contribution in [3.05, 3.63) is 64.7 Å². The molecule has 2 aromatic carbocycles. The van der Waals surface area contributed by atoms with Crippen LogP contribution in [0.1, 0.15) is 24.5 Å². The summed E-state index contributed by atoms with van der Waals surface area (Å²) in [5, 5.41) is 7.52. The van der Waals surface area contributed by atoms with Crippen molar-refractivity contribution in [2.75, 3.05) is 19.6 Å². The monoisotopic (exact) mass is 332 g/mol. The van der Waals surface area contributed by atoms with Crippen LogP contribution in [0.5, 0.6) is 5.75 Å². The highest BCUT2D eigenvalue weighted by Crippen LogP contribution is 2.19. The van der Waals surface area contributed by atoms with Crippen LogP contribution >= 0.6 is 11.6 Å². The second-order valence-corrected chi connectivity index (χ2v) is 5.82. The van der Waals surface area contributed by atoms with Crippen LogP contribution in [-0.2, 0) is 13.2 Å². The van der Waals surface area contributed by atoms with E-state index in [2.05, 4.69) is 29.7 Å². The SMILES string of the molecule is CCNCCCNCc1cccc(OCc2ccccc2Cl)c1. The standard InChI is InChI=1S/C19H25ClN2O/c1-2-21-11-6-12-22-14-16-7-5-9-18(13-16)23-15-17-8-3-4-10-19(17)20/h3-5,7-10,13,21-22H,2,6,11-12,14-15H2,1H3. The Labute approximate surface area is 144 Å². The van der Waals surface area contributed by atoms with Gasteiger partial charge in [-0.25, -0.2) is 0 Å². The lowest BCUT2D eigenvalue weighted by molar-refractivity contribution is 0.306. The maximum atomic E-state index is 6.15. The molecule has 2 aromatic rings. The van der Waals surface area contributed by atoms with E-state index in [0.29, 0.717) is 6.61 Å². The Kier molecular flexibility index (Phi) is 7.95. The Balaban J connectivity index is 1.77. The summed E-state index contributed by atoms with van der Waals surface area (Å²) in [6.07, 6.45) is 1.14. The molecule has 4 heteroatoms. The molecule has 0 saturated heterocycles. The van der Waals surface area contributed by atoms with Crippen molar-refractivity contribution < 1.29 is 4.74 Å². The van der Waals surface area contributed by atoms with Crippen molar-refractivity contribution >= 4 is 11.6 Å². The molecule has 124 valence electrons. The maximum Gasteiger partial charge on any atom is 0.120 e. The summed E-state index contributed by atoms with van der Waals surface area (Å²) >= 11 is 6.15. The lowest BCUT2D eigenvalue weighted by Crippen LogP contribution is -2.21. The van der Waals surface area contributed by atoms with Gasteiger partial charge in [-0.3, -0.25) is 0 Å². The second-order valence-electron chi connectivity index (χ2n) is 5.41. The minimum atomic E-state index is 0.485. The Hall–Kier alpha value is -1.55. The first-order chi connectivity index (χ1) is 11.3. The number of ether oxygens (including phenoxy) is 1. The van der Waals surface area contributed by atoms with Crippen LogP contribution in [0.25, 0.3) is 0 Å². The van der Waals surface area contributed by atoms with E-state index in [1.165, 1.54) is 5.56 Å². The number of hydrogen-bond donors (Lipinski definition) is 2. The van der Waals surface area contributed by atoms with E-state index in [0.717, 1.165) is 48.9 Å². The number of hydrogen-bond acceptors (Lipinski definition) is 3. The average molecular weight is 333 g/mol. The van der Waals surface area contributed by atoms with Gasteiger partial charge < -0.3 is 15.4 Å². The molecule has 2 rings (SSSR count). The van der Waals surface area contributed by atoms with Crippen molar-refractivity contribution in [3.63, 3.8) is 0 Å². The van der Waals surface area contributed by atoms with Gasteiger partial charge in [-0.05, 0) is 49.8 Å². The highest BCUT2D eigenvalue weighted by molar-refractivity contribution is 6.31. The molecule has 0 fully saturated rings. The Morgan fingerprint density at radius 1 is 1.00 bits per heavy atom. The van der Waals surface area contributed by atoms with Gasteiger partial charge in [0.1, 0.15) is 12.4 Å². The van der Waals surface area contributed by atoms with Gasteiger partial charge >= 0.3 is 0 Å². The molecule has 0 aliphatic heterocycles. The molecular weight excluding hydrogens is 308 g/mol. The summed E-state index contributed by atoms with van der Waals surface area (Å²) in [5.41, 5.74) is 2.23. The summed E-state index contributed by atoms with van der Waals surface area (Å²) in [6.45, 7) is 6.57. The second kappa shape index (κ2) is 10.3. The van der Waals surface area contributed by atoms with Gasteiger partial charge in [-0.1, -0.05) is 48.9 Å². The number of benzene rings is 2. The first-order valence-corrected chi connectivity index (χ1v) is 8.54. The van der Waals surface area contributed by atoms with Gasteiger partial charge in [0.2, 0.25) is 0 Å². The first-order valence-electron chi connectivity index (χ1n) is 8.16. The van der Waals surface area contributed by atoms with Crippen LogP contribution in [0.15, 0.2) is 48.5 Å². The van der Waals surface area contributed by atoms with Crippen molar-refractivity contribution in [2.24, 2.45) is 0 Å². The molecule has 0 bridgehead atoms. The van der Waals surface area contributed by atoms with Crippen LogP contribution < -0.4 is 15.4 Å². The van der Waals surface area contributed by atoms with Gasteiger partial charge in [-0.2, -0.15) is 0 Å². The largest absolute Gasteiger partial charge is 0.489 e. The average Bonchev–Trinajstić information content (AvgIpc) is 2.58. The molecule has 23 heavy (non-hydrogen) atoms. The van der Waals surface area contributed by atoms with E-state index in [-0.39, 0.29) is 0 Å². The molecule has 0 heterocycles. The molecule has 0 saturated carbocycles. The van der Waals surface area contributed by atoms with E-state index < -0.39 is 0 Å². The zero-order chi connectivity index (χ0) is 16.3. The lowest BCUT2D eigenvalue weighted by atomic mass is 10.2. The van der Waals surface area contributed by atoms with E-state index in [1.807, 2.05) is 36.4 Å². The molecule has 0 amide bonds. The van der Waals surface area contributed by atoms with Gasteiger partial charge in [0, 0.05) is 17.1 Å². The normalized spacial score (nSPS) is 10.7. The van der Waals surface area contributed by atoms with Crippen molar-refractivity contribution in [3.8, 4) is 5.75 Å². The highest BCUT2D eigenvalue weighted by Gasteiger charge is 2.01. The Bertz CT molecular complexity index is 589. The van der Waals surface area contributed by atoms with Crippen LogP contribution in [-0.4, -0.2) is 19.6 Å². The number of rotatable bonds is 10. The third-order valence-corrected chi connectivity index (χ3v) is 3.91. The fourth-order valence-electron chi connectivity index (χ4n) is 2.27. The fourth-order valence-corrected chi connectivity index (χ4v) is 2.46. The molecule has 0 atom stereocenters. The van der Waals surface area contributed by atoms with Crippen LogP contribution in [0.3, 0.4) is 0 Å². The summed E-state index contributed by atoms with van der Waals surface area (Å²) in [7, 11) is 0. The summed E-state index contributed by atoms with van der Waals surface area (Å²) in [6, 6.07) is 16.0. The zero-order valence-electron chi connectivity index (χ0n) is 13.6. The number of halogens is 1. The predicted molar refractivity (Wildman–Crippen MR) is 97.1 cm³/mol. The van der Waals surface area contributed by atoms with E-state index in [4.69, 9.17) is 16.3 Å². The Morgan fingerprint density at radius 3 is 2.65 bits per heavy atom. The van der Waals surface area contributed by atoms with Gasteiger partial charge in [0.15, 0.2) is 0 Å². The van der Waals surface area contributed by atoms with Gasteiger partial charge in [-0.15, -0.1) is 0 Å². The molecule has 0 spiro atoms. The summed E-state index contributed by atoms with van der Waals surface area (Å²) in [4.78, 5) is 0. The molecule has 0 aliphatic carbocycles. The topological polar surface area (TPSA) is 33.3 Å². The van der Waals surface area contributed by atoms with Crippen molar-refractivity contribution in [1.29, 1.82) is 0 Å². The Morgan fingerprint density at radius 2 is 1.83 bits per heavy atom. The molecule has 0 aromatic heterocycles. The molecular formula is C19H25ClN2O.